The Hall–Kier alpha value is -0.660. The van der Waals surface area contributed by atoms with E-state index in [-0.39, 0.29) is 24.4 Å². The lowest BCUT2D eigenvalue weighted by Gasteiger charge is -2.25. The van der Waals surface area contributed by atoms with Gasteiger partial charge < -0.3 is 15.4 Å². The molecule has 1 aliphatic rings. The second-order valence-electron chi connectivity index (χ2n) is 5.95. The normalized spacial score (nSPS) is 23.8. The summed E-state index contributed by atoms with van der Waals surface area (Å²) in [6.45, 7) is 7.14. The first-order valence-corrected chi connectivity index (χ1v) is 8.86. The zero-order chi connectivity index (χ0) is 15.4. The van der Waals surface area contributed by atoms with Crippen molar-refractivity contribution < 1.29 is 17.9 Å². The van der Waals surface area contributed by atoms with Crippen LogP contribution in [0.1, 0.15) is 27.2 Å². The monoisotopic (exact) mass is 306 g/mol. The molecule has 0 aromatic carbocycles. The molecule has 2 unspecified atom stereocenters. The second-order valence-corrected chi connectivity index (χ2v) is 8.60. The fraction of sp³-hybridized carbons (Fsp3) is 0.923. The maximum Gasteiger partial charge on any atom is 0.227 e. The summed E-state index contributed by atoms with van der Waals surface area (Å²) in [7, 11) is -3.21. The number of nitrogens with one attached hydrogen (secondary N) is 2. The number of hydrogen-bond donors (Lipinski definition) is 2. The molecule has 0 bridgehead atoms. The first-order valence-electron chi connectivity index (χ1n) is 6.97. The Balaban J connectivity index is 2.54. The Labute approximate surface area is 121 Å². The van der Waals surface area contributed by atoms with E-state index in [1.165, 1.54) is 6.26 Å². The third kappa shape index (κ3) is 4.43. The molecule has 0 radical (unpaired) electrons. The molecule has 7 heteroatoms. The molecule has 0 spiro atoms. The molecular weight excluding hydrogens is 280 g/mol. The minimum atomic E-state index is -3.21. The van der Waals surface area contributed by atoms with Gasteiger partial charge in [-0.2, -0.15) is 0 Å². The Morgan fingerprint density at radius 1 is 1.35 bits per heavy atom. The SMILES string of the molecule is CCCNC1COCC1C(=O)NCC(C)(C)S(C)(=O)=O. The number of amides is 1. The first kappa shape index (κ1) is 17.4. The van der Waals surface area contributed by atoms with Gasteiger partial charge >= 0.3 is 0 Å². The summed E-state index contributed by atoms with van der Waals surface area (Å²) < 4.78 is 27.6. The predicted octanol–water partition coefficient (Wildman–Crippen LogP) is -0.0596. The standard InChI is InChI=1S/C13H26N2O4S/c1-5-6-14-11-8-19-7-10(11)12(16)15-9-13(2,3)20(4,17)18/h10-11,14H,5-9H2,1-4H3,(H,15,16). The van der Waals surface area contributed by atoms with Crippen molar-refractivity contribution in [3.8, 4) is 0 Å². The summed E-state index contributed by atoms with van der Waals surface area (Å²) in [6.07, 6.45) is 2.18. The van der Waals surface area contributed by atoms with Crippen LogP contribution in [0, 0.1) is 5.92 Å². The Kier molecular flexibility index (Phi) is 5.97. The van der Waals surface area contributed by atoms with E-state index >= 15 is 0 Å². The van der Waals surface area contributed by atoms with E-state index in [1.807, 2.05) is 0 Å². The van der Waals surface area contributed by atoms with Gasteiger partial charge in [0.1, 0.15) is 0 Å². The van der Waals surface area contributed by atoms with Crippen LogP contribution in [0.25, 0.3) is 0 Å². The summed E-state index contributed by atoms with van der Waals surface area (Å²) in [5, 5.41) is 6.03. The van der Waals surface area contributed by atoms with E-state index in [1.54, 1.807) is 13.8 Å². The van der Waals surface area contributed by atoms with Gasteiger partial charge in [0.05, 0.1) is 23.9 Å². The molecule has 1 amide bonds. The van der Waals surface area contributed by atoms with Crippen LogP contribution in [0.15, 0.2) is 0 Å². The summed E-state index contributed by atoms with van der Waals surface area (Å²) in [4.78, 5) is 12.2. The smallest absolute Gasteiger partial charge is 0.227 e. The van der Waals surface area contributed by atoms with Gasteiger partial charge in [0, 0.05) is 18.8 Å². The van der Waals surface area contributed by atoms with Crippen molar-refractivity contribution in [3.63, 3.8) is 0 Å². The minimum absolute atomic E-state index is 0.0105. The summed E-state index contributed by atoms with van der Waals surface area (Å²) in [5.74, 6) is -0.398. The number of carbonyl (C=O) groups excluding carboxylic acids is 1. The second kappa shape index (κ2) is 6.87. The number of hydrogen-bond acceptors (Lipinski definition) is 5. The molecule has 1 heterocycles. The summed E-state index contributed by atoms with van der Waals surface area (Å²) in [5.41, 5.74) is 0. The largest absolute Gasteiger partial charge is 0.379 e. The third-order valence-electron chi connectivity index (χ3n) is 3.77. The van der Waals surface area contributed by atoms with Crippen molar-refractivity contribution in [1.29, 1.82) is 0 Å². The van der Waals surface area contributed by atoms with E-state index < -0.39 is 14.6 Å². The molecule has 6 nitrogen and oxygen atoms in total. The van der Waals surface area contributed by atoms with Crippen molar-refractivity contribution in [2.24, 2.45) is 5.92 Å². The van der Waals surface area contributed by atoms with Crippen molar-refractivity contribution in [2.75, 3.05) is 32.6 Å². The minimum Gasteiger partial charge on any atom is -0.379 e. The van der Waals surface area contributed by atoms with Crippen LogP contribution < -0.4 is 10.6 Å². The molecule has 20 heavy (non-hydrogen) atoms. The van der Waals surface area contributed by atoms with Crippen molar-refractivity contribution in [1.82, 2.24) is 10.6 Å². The molecular formula is C13H26N2O4S. The summed E-state index contributed by atoms with van der Waals surface area (Å²) in [6, 6.07) is 0.0105. The lowest BCUT2D eigenvalue weighted by Crippen LogP contribution is -2.49. The average molecular weight is 306 g/mol. The quantitative estimate of drug-likeness (QED) is 0.688. The molecule has 0 aromatic heterocycles. The number of ether oxygens (including phenoxy) is 1. The fourth-order valence-corrected chi connectivity index (χ4v) is 2.24. The van der Waals surface area contributed by atoms with E-state index in [4.69, 9.17) is 4.74 Å². The molecule has 1 rings (SSSR count). The molecule has 1 fully saturated rings. The van der Waals surface area contributed by atoms with E-state index in [0.29, 0.717) is 13.2 Å². The first-order chi connectivity index (χ1) is 9.19. The molecule has 118 valence electrons. The van der Waals surface area contributed by atoms with Crippen molar-refractivity contribution in [3.05, 3.63) is 0 Å². The van der Waals surface area contributed by atoms with Crippen LogP contribution in [0.2, 0.25) is 0 Å². The summed E-state index contributed by atoms with van der Waals surface area (Å²) >= 11 is 0. The van der Waals surface area contributed by atoms with Crippen LogP contribution in [0.5, 0.6) is 0 Å². The van der Waals surface area contributed by atoms with Crippen molar-refractivity contribution in [2.45, 2.75) is 38.0 Å². The zero-order valence-electron chi connectivity index (χ0n) is 12.7. The van der Waals surface area contributed by atoms with Gasteiger partial charge in [0.2, 0.25) is 5.91 Å². The van der Waals surface area contributed by atoms with Crippen LogP contribution in [0.4, 0.5) is 0 Å². The molecule has 0 saturated carbocycles. The molecule has 2 atom stereocenters. The molecule has 1 saturated heterocycles. The number of sulfone groups is 1. The van der Waals surface area contributed by atoms with Gasteiger partial charge in [-0.25, -0.2) is 8.42 Å². The van der Waals surface area contributed by atoms with Crippen LogP contribution in [-0.4, -0.2) is 57.7 Å². The van der Waals surface area contributed by atoms with Crippen molar-refractivity contribution >= 4 is 15.7 Å². The molecule has 1 aliphatic heterocycles. The predicted molar refractivity (Wildman–Crippen MR) is 78.3 cm³/mol. The molecule has 2 N–H and O–H groups in total. The highest BCUT2D eigenvalue weighted by Crippen LogP contribution is 2.16. The van der Waals surface area contributed by atoms with Gasteiger partial charge in [0.25, 0.3) is 0 Å². The maximum atomic E-state index is 12.2. The Morgan fingerprint density at radius 2 is 2.00 bits per heavy atom. The Bertz CT molecular complexity index is 434. The molecule has 0 aliphatic carbocycles. The van der Waals surface area contributed by atoms with E-state index in [9.17, 15) is 13.2 Å². The topological polar surface area (TPSA) is 84.5 Å². The van der Waals surface area contributed by atoms with Crippen LogP contribution >= 0.6 is 0 Å². The van der Waals surface area contributed by atoms with Gasteiger partial charge in [-0.1, -0.05) is 6.92 Å². The lowest BCUT2D eigenvalue weighted by molar-refractivity contribution is -0.125. The van der Waals surface area contributed by atoms with Gasteiger partial charge in [-0.15, -0.1) is 0 Å². The van der Waals surface area contributed by atoms with Gasteiger partial charge in [-0.05, 0) is 26.8 Å². The zero-order valence-corrected chi connectivity index (χ0v) is 13.5. The van der Waals surface area contributed by atoms with E-state index in [0.717, 1.165) is 13.0 Å². The Morgan fingerprint density at radius 3 is 2.55 bits per heavy atom. The van der Waals surface area contributed by atoms with Gasteiger partial charge in [0.15, 0.2) is 9.84 Å². The number of rotatable bonds is 7. The highest BCUT2D eigenvalue weighted by Gasteiger charge is 2.36. The van der Waals surface area contributed by atoms with E-state index in [2.05, 4.69) is 17.6 Å². The highest BCUT2D eigenvalue weighted by atomic mass is 32.2. The lowest BCUT2D eigenvalue weighted by atomic mass is 10.0. The third-order valence-corrected chi connectivity index (χ3v) is 5.92. The van der Waals surface area contributed by atoms with Gasteiger partial charge in [-0.3, -0.25) is 4.79 Å². The van der Waals surface area contributed by atoms with Crippen LogP contribution in [0.3, 0.4) is 0 Å². The number of carbonyl (C=O) groups is 1. The maximum absolute atomic E-state index is 12.2. The highest BCUT2D eigenvalue weighted by molar-refractivity contribution is 7.92. The molecule has 0 aromatic rings. The van der Waals surface area contributed by atoms with Crippen LogP contribution in [-0.2, 0) is 19.4 Å². The average Bonchev–Trinajstić information content (AvgIpc) is 2.80. The fourth-order valence-electron chi connectivity index (χ4n) is 1.91.